The molecule has 2 atom stereocenters. The first-order chi connectivity index (χ1) is 15.0. The van der Waals surface area contributed by atoms with Crippen LogP contribution in [0.1, 0.15) is 21.5 Å². The molecule has 0 aliphatic heterocycles. The third-order valence-electron chi connectivity index (χ3n) is 4.67. The van der Waals surface area contributed by atoms with Gasteiger partial charge in [-0.15, -0.1) is 0 Å². The lowest BCUT2D eigenvalue weighted by atomic mass is 10.1. The molecule has 3 rings (SSSR count). The fourth-order valence-electron chi connectivity index (χ4n) is 3.00. The topological polar surface area (TPSA) is 84.5 Å². The maximum Gasteiger partial charge on any atom is 0.339 e. The molecule has 7 heteroatoms. The number of carbonyl (C=O) groups excluding carboxylic acids is 2. The zero-order valence-corrected chi connectivity index (χ0v) is 18.1. The van der Waals surface area contributed by atoms with E-state index in [1.807, 2.05) is 49.4 Å². The van der Waals surface area contributed by atoms with Crippen LogP contribution < -0.4 is 10.0 Å². The highest BCUT2D eigenvalue weighted by atomic mass is 32.2. The van der Waals surface area contributed by atoms with E-state index in [1.54, 1.807) is 36.4 Å². The van der Waals surface area contributed by atoms with E-state index in [9.17, 15) is 13.8 Å². The van der Waals surface area contributed by atoms with E-state index in [-0.39, 0.29) is 5.56 Å². The molecule has 0 fully saturated rings. The Morgan fingerprint density at radius 3 is 2.26 bits per heavy atom. The molecule has 2 unspecified atom stereocenters. The van der Waals surface area contributed by atoms with E-state index in [1.165, 1.54) is 7.11 Å². The fraction of sp³-hybridized carbons (Fsp3) is 0.167. The van der Waals surface area contributed by atoms with E-state index < -0.39 is 28.9 Å². The van der Waals surface area contributed by atoms with Crippen molar-refractivity contribution in [2.45, 2.75) is 24.3 Å². The van der Waals surface area contributed by atoms with Crippen LogP contribution in [-0.4, -0.2) is 29.2 Å². The van der Waals surface area contributed by atoms with Gasteiger partial charge in [0.1, 0.15) is 17.0 Å². The van der Waals surface area contributed by atoms with E-state index in [0.717, 1.165) is 11.1 Å². The summed E-state index contributed by atoms with van der Waals surface area (Å²) in [5.74, 6) is -0.952. The standard InChI is InChI=1S/C24H24N2O4S/c1-17-12-14-19(15-13-17)31(29)26-22(16-18-8-4-3-5-9-18)23(27)25-21-11-7-6-10-20(21)24(28)30-2/h3-15,22,26H,16H2,1-2H3,(H,25,27). The molecule has 160 valence electrons. The zero-order chi connectivity index (χ0) is 22.2. The van der Waals surface area contributed by atoms with Crippen molar-refractivity contribution in [2.75, 3.05) is 12.4 Å². The number of amides is 1. The summed E-state index contributed by atoms with van der Waals surface area (Å²) in [4.78, 5) is 25.7. The summed E-state index contributed by atoms with van der Waals surface area (Å²) in [5, 5.41) is 2.78. The van der Waals surface area contributed by atoms with Crippen LogP contribution in [0.4, 0.5) is 5.69 Å². The maximum absolute atomic E-state index is 13.1. The van der Waals surface area contributed by atoms with Gasteiger partial charge in [0.15, 0.2) is 0 Å². The predicted molar refractivity (Wildman–Crippen MR) is 121 cm³/mol. The molecule has 1 amide bonds. The number of carbonyl (C=O) groups is 2. The molecule has 31 heavy (non-hydrogen) atoms. The van der Waals surface area contributed by atoms with E-state index in [2.05, 4.69) is 10.0 Å². The van der Waals surface area contributed by atoms with E-state index in [0.29, 0.717) is 17.0 Å². The van der Waals surface area contributed by atoms with Gasteiger partial charge in [0.05, 0.1) is 23.3 Å². The van der Waals surface area contributed by atoms with Crippen LogP contribution in [0.25, 0.3) is 0 Å². The van der Waals surface area contributed by atoms with Crippen LogP contribution in [0.2, 0.25) is 0 Å². The Hall–Kier alpha value is -3.29. The summed E-state index contributed by atoms with van der Waals surface area (Å²) in [6.45, 7) is 1.95. The number of hydrogen-bond donors (Lipinski definition) is 2. The van der Waals surface area contributed by atoms with Gasteiger partial charge in [0, 0.05) is 0 Å². The average molecular weight is 437 g/mol. The summed E-state index contributed by atoms with van der Waals surface area (Å²) in [6, 6.07) is 22.5. The molecular weight excluding hydrogens is 412 g/mol. The summed E-state index contributed by atoms with van der Waals surface area (Å²) >= 11 is 0. The van der Waals surface area contributed by atoms with Gasteiger partial charge in [-0.1, -0.05) is 60.2 Å². The third kappa shape index (κ3) is 6.10. The van der Waals surface area contributed by atoms with Gasteiger partial charge in [-0.25, -0.2) is 13.7 Å². The van der Waals surface area contributed by atoms with E-state index in [4.69, 9.17) is 4.74 Å². The summed E-state index contributed by atoms with van der Waals surface area (Å²) in [5.41, 5.74) is 2.55. The van der Waals surface area contributed by atoms with Crippen LogP contribution in [0.5, 0.6) is 0 Å². The number of esters is 1. The largest absolute Gasteiger partial charge is 0.465 e. The van der Waals surface area contributed by atoms with Crippen LogP contribution in [-0.2, 0) is 26.9 Å². The van der Waals surface area contributed by atoms with Crippen molar-refractivity contribution < 1.29 is 18.5 Å². The lowest BCUT2D eigenvalue weighted by Crippen LogP contribution is -2.43. The smallest absolute Gasteiger partial charge is 0.339 e. The van der Waals surface area contributed by atoms with Gasteiger partial charge in [0.2, 0.25) is 5.91 Å². The second-order valence-corrected chi connectivity index (χ2v) is 8.21. The molecule has 0 bridgehead atoms. The summed E-state index contributed by atoms with van der Waals surface area (Å²) < 4.78 is 20.6. The minimum Gasteiger partial charge on any atom is -0.465 e. The summed E-state index contributed by atoms with van der Waals surface area (Å²) in [6.07, 6.45) is 0.324. The molecule has 0 saturated carbocycles. The molecule has 0 radical (unpaired) electrons. The molecule has 0 heterocycles. The van der Waals surface area contributed by atoms with Crippen molar-refractivity contribution in [3.63, 3.8) is 0 Å². The normalized spacial score (nSPS) is 12.6. The van der Waals surface area contributed by atoms with Crippen molar-refractivity contribution >= 4 is 28.5 Å². The van der Waals surface area contributed by atoms with Crippen molar-refractivity contribution in [3.8, 4) is 0 Å². The number of aryl methyl sites for hydroxylation is 1. The third-order valence-corrected chi connectivity index (χ3v) is 5.87. The van der Waals surface area contributed by atoms with Crippen LogP contribution in [0, 0.1) is 6.92 Å². The van der Waals surface area contributed by atoms with E-state index >= 15 is 0 Å². The SMILES string of the molecule is COC(=O)c1ccccc1NC(=O)C(Cc1ccccc1)NS(=O)c1ccc(C)cc1. The Morgan fingerprint density at radius 1 is 0.935 bits per heavy atom. The van der Waals surface area contributed by atoms with Gasteiger partial charge in [-0.2, -0.15) is 0 Å². The maximum atomic E-state index is 13.1. The van der Waals surface area contributed by atoms with Crippen molar-refractivity contribution in [2.24, 2.45) is 0 Å². The van der Waals surface area contributed by atoms with Gasteiger partial charge in [0.25, 0.3) is 0 Å². The molecule has 6 nitrogen and oxygen atoms in total. The highest BCUT2D eigenvalue weighted by Crippen LogP contribution is 2.17. The highest BCUT2D eigenvalue weighted by Gasteiger charge is 2.23. The molecular formula is C24H24N2O4S. The minimum atomic E-state index is -1.59. The Bertz CT molecular complexity index is 1070. The molecule has 3 aromatic rings. The van der Waals surface area contributed by atoms with Crippen molar-refractivity contribution in [1.29, 1.82) is 0 Å². The second-order valence-electron chi connectivity index (χ2n) is 6.97. The monoisotopic (exact) mass is 436 g/mol. The van der Waals surface area contributed by atoms with Gasteiger partial charge < -0.3 is 10.1 Å². The number of benzene rings is 3. The van der Waals surface area contributed by atoms with Crippen molar-refractivity contribution in [3.05, 3.63) is 95.6 Å². The molecule has 3 aromatic carbocycles. The first-order valence-corrected chi connectivity index (χ1v) is 10.9. The number of ether oxygens (including phenoxy) is 1. The van der Waals surface area contributed by atoms with Crippen LogP contribution in [0.15, 0.2) is 83.8 Å². The lowest BCUT2D eigenvalue weighted by Gasteiger charge is -2.19. The van der Waals surface area contributed by atoms with Crippen LogP contribution >= 0.6 is 0 Å². The zero-order valence-electron chi connectivity index (χ0n) is 17.3. The number of rotatable bonds is 8. The Balaban J connectivity index is 1.83. The number of methoxy groups -OCH3 is 1. The molecule has 0 spiro atoms. The molecule has 0 aliphatic carbocycles. The van der Waals surface area contributed by atoms with Crippen molar-refractivity contribution in [1.82, 2.24) is 4.72 Å². The fourth-order valence-corrected chi connectivity index (χ4v) is 3.96. The first-order valence-electron chi connectivity index (χ1n) is 9.74. The van der Waals surface area contributed by atoms with Gasteiger partial charge in [-0.3, -0.25) is 4.79 Å². The number of hydrogen-bond acceptors (Lipinski definition) is 4. The second kappa shape index (κ2) is 10.7. The lowest BCUT2D eigenvalue weighted by molar-refractivity contribution is -0.117. The van der Waals surface area contributed by atoms with Crippen LogP contribution in [0.3, 0.4) is 0 Å². The van der Waals surface area contributed by atoms with Gasteiger partial charge in [-0.05, 0) is 43.2 Å². The van der Waals surface area contributed by atoms with Gasteiger partial charge >= 0.3 is 5.97 Å². The Labute approximate surface area is 184 Å². The molecule has 0 aliphatic rings. The Kier molecular flexibility index (Phi) is 7.70. The predicted octanol–water partition coefficient (Wildman–Crippen LogP) is 3.64. The molecule has 0 saturated heterocycles. The highest BCUT2D eigenvalue weighted by molar-refractivity contribution is 7.83. The first kappa shape index (κ1) is 22.4. The molecule has 2 N–H and O–H groups in total. The summed E-state index contributed by atoms with van der Waals surface area (Å²) in [7, 11) is -0.309. The molecule has 0 aromatic heterocycles. The average Bonchev–Trinajstić information content (AvgIpc) is 2.79. The minimum absolute atomic E-state index is 0.247. The quantitative estimate of drug-likeness (QED) is 0.528. The Morgan fingerprint density at radius 2 is 1.58 bits per heavy atom. The number of para-hydroxylation sites is 1. The number of anilines is 1. The number of nitrogens with one attached hydrogen (secondary N) is 2.